The van der Waals surface area contributed by atoms with Crippen molar-refractivity contribution in [1.82, 2.24) is 0 Å². The molecule has 408 valence electrons. The van der Waals surface area contributed by atoms with Crippen LogP contribution in [0.1, 0.15) is 239 Å². The largest absolute Gasteiger partial charge is 0.479 e. The SMILES string of the molecule is CC/C=C\C/C=C\C/C=C\CCCCCCCCCC(=O)OCC(COC1OC(C(=O)O)C(O)C(O)C1OC(=O)CCCCCCCCCCC)OC(=O)CCCCCCC/C=C\C/C=C\CCCCC. The van der Waals surface area contributed by atoms with Gasteiger partial charge < -0.3 is 39.0 Å². The van der Waals surface area contributed by atoms with E-state index in [1.807, 2.05) is 0 Å². The Morgan fingerprint density at radius 1 is 0.479 bits per heavy atom. The summed E-state index contributed by atoms with van der Waals surface area (Å²) >= 11 is 0. The summed E-state index contributed by atoms with van der Waals surface area (Å²) in [4.78, 5) is 50.9. The maximum absolute atomic E-state index is 13.1. The third-order valence-electron chi connectivity index (χ3n) is 12.6. The van der Waals surface area contributed by atoms with Crippen molar-refractivity contribution in [2.24, 2.45) is 0 Å². The average molecular weight is 1000 g/mol. The number of carboxylic acids is 1. The van der Waals surface area contributed by atoms with E-state index in [2.05, 4.69) is 81.5 Å². The molecule has 1 aliphatic heterocycles. The van der Waals surface area contributed by atoms with Crippen LogP contribution in [0.3, 0.4) is 0 Å². The van der Waals surface area contributed by atoms with E-state index in [0.717, 1.165) is 128 Å². The van der Waals surface area contributed by atoms with Crippen LogP contribution in [0.15, 0.2) is 60.8 Å². The normalized spacial score (nSPS) is 18.9. The molecule has 1 aliphatic rings. The molecule has 6 atom stereocenters. The second-order valence-corrected chi connectivity index (χ2v) is 19.2. The Labute approximate surface area is 430 Å². The van der Waals surface area contributed by atoms with Crippen LogP contribution >= 0.6 is 0 Å². The third kappa shape index (κ3) is 37.8. The van der Waals surface area contributed by atoms with Crippen LogP contribution in [-0.2, 0) is 42.9 Å². The van der Waals surface area contributed by atoms with Gasteiger partial charge in [-0.05, 0) is 83.5 Å². The monoisotopic (exact) mass is 1000 g/mol. The number of carbonyl (C=O) groups excluding carboxylic acids is 3. The number of aliphatic hydroxyl groups is 2. The molecule has 0 aromatic heterocycles. The first-order valence-corrected chi connectivity index (χ1v) is 28.3. The number of allylic oxidation sites excluding steroid dienone is 10. The van der Waals surface area contributed by atoms with Gasteiger partial charge in [0, 0.05) is 19.3 Å². The highest BCUT2D eigenvalue weighted by atomic mass is 16.7. The molecule has 12 nitrogen and oxygen atoms in total. The molecular formula is C59H100O12. The van der Waals surface area contributed by atoms with Crippen molar-refractivity contribution in [1.29, 1.82) is 0 Å². The van der Waals surface area contributed by atoms with Crippen molar-refractivity contribution in [2.75, 3.05) is 13.2 Å². The average Bonchev–Trinajstić information content (AvgIpc) is 3.35. The van der Waals surface area contributed by atoms with Crippen molar-refractivity contribution in [3.8, 4) is 0 Å². The van der Waals surface area contributed by atoms with Gasteiger partial charge in [0.2, 0.25) is 0 Å². The van der Waals surface area contributed by atoms with E-state index >= 15 is 0 Å². The van der Waals surface area contributed by atoms with Gasteiger partial charge in [0.25, 0.3) is 0 Å². The second-order valence-electron chi connectivity index (χ2n) is 19.2. The highest BCUT2D eigenvalue weighted by Crippen LogP contribution is 2.26. The quantitative estimate of drug-likeness (QED) is 0.0228. The molecule has 0 aromatic carbocycles. The lowest BCUT2D eigenvalue weighted by molar-refractivity contribution is -0.301. The highest BCUT2D eigenvalue weighted by molar-refractivity contribution is 5.74. The summed E-state index contributed by atoms with van der Waals surface area (Å²) in [6, 6.07) is 0. The minimum absolute atomic E-state index is 0.0584. The first-order valence-electron chi connectivity index (χ1n) is 28.3. The molecule has 1 saturated heterocycles. The lowest BCUT2D eigenvalue weighted by Crippen LogP contribution is -2.61. The lowest BCUT2D eigenvalue weighted by atomic mass is 9.98. The summed E-state index contributed by atoms with van der Waals surface area (Å²) < 4.78 is 28.3. The zero-order valence-electron chi connectivity index (χ0n) is 44.7. The van der Waals surface area contributed by atoms with Crippen LogP contribution in [-0.4, -0.2) is 89.2 Å². The number of aliphatic carboxylic acids is 1. The number of hydrogen-bond acceptors (Lipinski definition) is 11. The molecule has 6 unspecified atom stereocenters. The summed E-state index contributed by atoms with van der Waals surface area (Å²) in [6.45, 7) is 5.80. The number of carbonyl (C=O) groups is 4. The summed E-state index contributed by atoms with van der Waals surface area (Å²) in [7, 11) is 0. The fourth-order valence-electron chi connectivity index (χ4n) is 8.24. The number of esters is 3. The van der Waals surface area contributed by atoms with Gasteiger partial charge in [-0.25, -0.2) is 4.79 Å². The molecule has 3 N–H and O–H groups in total. The molecule has 0 aromatic rings. The Morgan fingerprint density at radius 2 is 0.887 bits per heavy atom. The molecule has 0 amide bonds. The number of aliphatic hydroxyl groups excluding tert-OH is 2. The summed E-state index contributed by atoms with van der Waals surface area (Å²) in [6.07, 6.45) is 44.9. The molecule has 0 radical (unpaired) electrons. The maximum Gasteiger partial charge on any atom is 0.335 e. The van der Waals surface area contributed by atoms with Gasteiger partial charge in [-0.1, -0.05) is 197 Å². The highest BCUT2D eigenvalue weighted by Gasteiger charge is 2.50. The number of rotatable bonds is 47. The van der Waals surface area contributed by atoms with Gasteiger partial charge >= 0.3 is 23.9 Å². The van der Waals surface area contributed by atoms with Gasteiger partial charge in [0.05, 0.1) is 6.61 Å². The van der Waals surface area contributed by atoms with Gasteiger partial charge in [-0.15, -0.1) is 0 Å². The van der Waals surface area contributed by atoms with Crippen LogP contribution < -0.4 is 0 Å². The Hall–Kier alpha value is -3.58. The van der Waals surface area contributed by atoms with E-state index in [4.69, 9.17) is 23.7 Å². The van der Waals surface area contributed by atoms with Crippen molar-refractivity contribution in [3.05, 3.63) is 60.8 Å². The number of hydrogen-bond donors (Lipinski definition) is 3. The van der Waals surface area contributed by atoms with Crippen LogP contribution in [0.5, 0.6) is 0 Å². The number of carboxylic acid groups (broad SMARTS) is 1. The van der Waals surface area contributed by atoms with Gasteiger partial charge in [0.15, 0.2) is 24.6 Å². The molecule has 1 fully saturated rings. The molecule has 1 rings (SSSR count). The molecule has 71 heavy (non-hydrogen) atoms. The predicted octanol–water partition coefficient (Wildman–Crippen LogP) is 14.0. The van der Waals surface area contributed by atoms with Gasteiger partial charge in [-0.3, -0.25) is 14.4 Å². The van der Waals surface area contributed by atoms with Crippen LogP contribution in [0.2, 0.25) is 0 Å². The molecular weight excluding hydrogens is 901 g/mol. The molecule has 0 saturated carbocycles. The first-order chi connectivity index (χ1) is 34.6. The fraction of sp³-hybridized carbons (Fsp3) is 0.763. The van der Waals surface area contributed by atoms with Crippen molar-refractivity contribution in [3.63, 3.8) is 0 Å². The third-order valence-corrected chi connectivity index (χ3v) is 12.6. The minimum Gasteiger partial charge on any atom is -0.479 e. The summed E-state index contributed by atoms with van der Waals surface area (Å²) in [5.41, 5.74) is 0. The van der Waals surface area contributed by atoms with Crippen molar-refractivity contribution < 1.29 is 58.2 Å². The van der Waals surface area contributed by atoms with E-state index in [1.165, 1.54) is 51.4 Å². The summed E-state index contributed by atoms with van der Waals surface area (Å²) in [5.74, 6) is -3.15. The maximum atomic E-state index is 13.1. The van der Waals surface area contributed by atoms with Crippen molar-refractivity contribution in [2.45, 2.75) is 276 Å². The Bertz CT molecular complexity index is 1470. The molecule has 1 heterocycles. The Morgan fingerprint density at radius 3 is 1.38 bits per heavy atom. The van der Waals surface area contributed by atoms with Gasteiger partial charge in [-0.2, -0.15) is 0 Å². The van der Waals surface area contributed by atoms with E-state index in [9.17, 15) is 34.5 Å². The smallest absolute Gasteiger partial charge is 0.335 e. The number of unbranched alkanes of at least 4 members (excludes halogenated alkanes) is 23. The van der Waals surface area contributed by atoms with Crippen LogP contribution in [0.4, 0.5) is 0 Å². The van der Waals surface area contributed by atoms with E-state index in [-0.39, 0.29) is 25.9 Å². The number of ether oxygens (including phenoxy) is 5. The molecule has 0 aliphatic carbocycles. The zero-order valence-corrected chi connectivity index (χ0v) is 44.7. The zero-order chi connectivity index (χ0) is 51.8. The Balaban J connectivity index is 2.70. The second kappa shape index (κ2) is 47.4. The van der Waals surface area contributed by atoms with Gasteiger partial charge in [0.1, 0.15) is 18.8 Å². The first kappa shape index (κ1) is 65.4. The van der Waals surface area contributed by atoms with E-state index in [0.29, 0.717) is 19.3 Å². The topological polar surface area (TPSA) is 175 Å². The van der Waals surface area contributed by atoms with E-state index < -0.39 is 67.3 Å². The van der Waals surface area contributed by atoms with Crippen molar-refractivity contribution >= 4 is 23.9 Å². The van der Waals surface area contributed by atoms with Crippen LogP contribution in [0.25, 0.3) is 0 Å². The van der Waals surface area contributed by atoms with E-state index in [1.54, 1.807) is 0 Å². The summed E-state index contributed by atoms with van der Waals surface area (Å²) in [5, 5.41) is 31.3. The van der Waals surface area contributed by atoms with Crippen LogP contribution in [0, 0.1) is 0 Å². The standard InChI is InChI=1S/C59H100O12/c1-4-7-10-13-16-19-21-23-25-26-28-29-31-34-36-39-42-45-51(60)67-48-50(69-52(61)46-43-40-38-35-32-30-27-24-22-20-17-14-11-8-5-2)49-68-59-57(55(64)54(63)56(71-59)58(65)66)70-53(62)47-44-41-37-33-18-15-12-9-6-3/h7,10,16-17,19-20,23-25,27,50,54-57,59,63-64H,4-6,8-9,11-15,18,21-22,26,28-49H2,1-3H3,(H,65,66)/b10-7-,19-16-,20-17-,25-23-,27-24-. The fourth-order valence-corrected chi connectivity index (χ4v) is 8.24. The lowest BCUT2D eigenvalue weighted by Gasteiger charge is -2.40. The predicted molar refractivity (Wildman–Crippen MR) is 285 cm³/mol. The Kier molecular flexibility index (Phi) is 43.7. The molecule has 12 heteroatoms. The molecule has 0 bridgehead atoms. The minimum atomic E-state index is -1.90. The molecule has 0 spiro atoms.